The average Bonchev–Trinajstić information content (AvgIpc) is 3.09. The zero-order valence-electron chi connectivity index (χ0n) is 15.4. The summed E-state index contributed by atoms with van der Waals surface area (Å²) in [6.07, 6.45) is 0. The van der Waals surface area contributed by atoms with Crippen molar-refractivity contribution >= 4 is 22.7 Å². The van der Waals surface area contributed by atoms with E-state index in [9.17, 15) is 4.79 Å². The summed E-state index contributed by atoms with van der Waals surface area (Å²) < 4.78 is 5.33. The second-order valence-corrected chi connectivity index (χ2v) is 6.52. The van der Waals surface area contributed by atoms with Crippen molar-refractivity contribution in [2.24, 2.45) is 0 Å². The number of nitrogens with zero attached hydrogens (tertiary/aromatic N) is 3. The number of nitriles is 1. The molecule has 136 valence electrons. The Bertz CT molecular complexity index is 1230. The molecular formula is C22H16N4O2. The zero-order chi connectivity index (χ0) is 19.7. The molecule has 0 aliphatic carbocycles. The highest BCUT2D eigenvalue weighted by Crippen LogP contribution is 2.28. The first-order valence-electron chi connectivity index (χ1n) is 8.71. The van der Waals surface area contributed by atoms with Crippen LogP contribution in [0.2, 0.25) is 0 Å². The Morgan fingerprint density at radius 2 is 1.89 bits per heavy atom. The lowest BCUT2D eigenvalue weighted by Crippen LogP contribution is -2.13. The van der Waals surface area contributed by atoms with Crippen molar-refractivity contribution < 1.29 is 9.32 Å². The minimum Gasteiger partial charge on any atom is -0.335 e. The smallest absolute Gasteiger partial charge is 0.259 e. The molecule has 0 aliphatic rings. The highest BCUT2D eigenvalue weighted by molar-refractivity contribution is 6.13. The minimum atomic E-state index is -0.317. The Morgan fingerprint density at radius 1 is 1.11 bits per heavy atom. The van der Waals surface area contributed by atoms with Crippen LogP contribution in [0.15, 0.2) is 59.1 Å². The molecule has 4 rings (SSSR count). The Morgan fingerprint density at radius 3 is 2.64 bits per heavy atom. The number of hydrogen-bond donors (Lipinski definition) is 1. The number of pyridine rings is 1. The Hall–Kier alpha value is -3.98. The van der Waals surface area contributed by atoms with Gasteiger partial charge in [-0.25, -0.2) is 4.98 Å². The van der Waals surface area contributed by atoms with Gasteiger partial charge in [-0.15, -0.1) is 0 Å². The van der Waals surface area contributed by atoms with Crippen LogP contribution in [0.25, 0.3) is 22.4 Å². The maximum Gasteiger partial charge on any atom is 0.259 e. The largest absolute Gasteiger partial charge is 0.335 e. The second-order valence-electron chi connectivity index (χ2n) is 6.52. The van der Waals surface area contributed by atoms with Gasteiger partial charge in [0.15, 0.2) is 0 Å². The number of aromatic nitrogens is 2. The van der Waals surface area contributed by atoms with E-state index in [2.05, 4.69) is 21.5 Å². The van der Waals surface area contributed by atoms with Crippen LogP contribution in [-0.2, 0) is 0 Å². The Kier molecular flexibility index (Phi) is 4.34. The fourth-order valence-electron chi connectivity index (χ4n) is 3.01. The molecule has 1 amide bonds. The number of carbonyl (C=O) groups is 1. The van der Waals surface area contributed by atoms with Gasteiger partial charge in [0.25, 0.3) is 11.6 Å². The zero-order valence-corrected chi connectivity index (χ0v) is 15.4. The molecule has 0 unspecified atom stereocenters. The summed E-state index contributed by atoms with van der Waals surface area (Å²) in [4.78, 5) is 17.5. The topological polar surface area (TPSA) is 91.8 Å². The lowest BCUT2D eigenvalue weighted by atomic mass is 10.0. The standard InChI is InChI=1S/C22H16N4O2/c1-13-6-8-16(9-7-13)19-11-18(20-14(2)26-28-22(20)25-19)21(27)24-17-5-3-4-15(10-17)12-23/h3-11H,1-2H3,(H,24,27). The molecular weight excluding hydrogens is 352 g/mol. The van der Waals surface area contributed by atoms with E-state index in [1.165, 1.54) is 0 Å². The first-order chi connectivity index (χ1) is 13.5. The molecule has 0 bridgehead atoms. The van der Waals surface area contributed by atoms with Gasteiger partial charge in [0.2, 0.25) is 0 Å². The number of anilines is 1. The quantitative estimate of drug-likeness (QED) is 0.569. The predicted molar refractivity (Wildman–Crippen MR) is 106 cm³/mol. The molecule has 4 aromatic rings. The van der Waals surface area contributed by atoms with Crippen LogP contribution < -0.4 is 5.32 Å². The van der Waals surface area contributed by atoms with Crippen molar-refractivity contribution in [2.45, 2.75) is 13.8 Å². The van der Waals surface area contributed by atoms with Gasteiger partial charge in [0.05, 0.1) is 34.0 Å². The van der Waals surface area contributed by atoms with Crippen LogP contribution in [0.5, 0.6) is 0 Å². The van der Waals surface area contributed by atoms with Crippen molar-refractivity contribution in [1.82, 2.24) is 10.1 Å². The lowest BCUT2D eigenvalue weighted by Gasteiger charge is -2.09. The Labute approximate surface area is 161 Å². The van der Waals surface area contributed by atoms with Crippen LogP contribution in [-0.4, -0.2) is 16.0 Å². The number of nitrogens with one attached hydrogen (secondary N) is 1. The number of aryl methyl sites for hydroxylation is 2. The van der Waals surface area contributed by atoms with E-state index in [4.69, 9.17) is 9.78 Å². The van der Waals surface area contributed by atoms with Crippen LogP contribution in [0.1, 0.15) is 27.2 Å². The van der Waals surface area contributed by atoms with Crippen LogP contribution in [0.3, 0.4) is 0 Å². The van der Waals surface area contributed by atoms with E-state index in [0.717, 1.165) is 11.1 Å². The van der Waals surface area contributed by atoms with Gasteiger partial charge >= 0.3 is 0 Å². The first-order valence-corrected chi connectivity index (χ1v) is 8.71. The number of fused-ring (bicyclic) bond motifs is 1. The SMILES string of the molecule is Cc1ccc(-c2cc(C(=O)Nc3cccc(C#N)c3)c3c(C)noc3n2)cc1. The highest BCUT2D eigenvalue weighted by Gasteiger charge is 2.19. The van der Waals surface area contributed by atoms with E-state index < -0.39 is 0 Å². The number of rotatable bonds is 3. The van der Waals surface area contributed by atoms with E-state index in [1.54, 1.807) is 37.3 Å². The number of carbonyl (C=O) groups excluding carboxylic acids is 1. The minimum absolute atomic E-state index is 0.312. The van der Waals surface area contributed by atoms with Crippen molar-refractivity contribution in [2.75, 3.05) is 5.32 Å². The third-order valence-electron chi connectivity index (χ3n) is 4.46. The van der Waals surface area contributed by atoms with Crippen molar-refractivity contribution in [1.29, 1.82) is 5.26 Å². The van der Waals surface area contributed by atoms with Crippen LogP contribution >= 0.6 is 0 Å². The van der Waals surface area contributed by atoms with Gasteiger partial charge in [-0.1, -0.05) is 41.1 Å². The van der Waals surface area contributed by atoms with E-state index >= 15 is 0 Å². The molecule has 0 saturated carbocycles. The number of amides is 1. The van der Waals surface area contributed by atoms with Crippen molar-refractivity contribution in [3.63, 3.8) is 0 Å². The van der Waals surface area contributed by atoms with Crippen molar-refractivity contribution in [3.8, 4) is 17.3 Å². The third kappa shape index (κ3) is 3.21. The van der Waals surface area contributed by atoms with Crippen LogP contribution in [0.4, 0.5) is 5.69 Å². The summed E-state index contributed by atoms with van der Waals surface area (Å²) in [6.45, 7) is 3.78. The van der Waals surface area contributed by atoms with Gasteiger partial charge in [-0.05, 0) is 38.1 Å². The predicted octanol–water partition coefficient (Wildman–Crippen LogP) is 4.63. The Balaban J connectivity index is 1.80. The normalized spacial score (nSPS) is 10.6. The average molecular weight is 368 g/mol. The number of hydrogen-bond acceptors (Lipinski definition) is 5. The molecule has 0 saturated heterocycles. The molecule has 1 N–H and O–H groups in total. The fraction of sp³-hybridized carbons (Fsp3) is 0.0909. The summed E-state index contributed by atoms with van der Waals surface area (Å²) >= 11 is 0. The molecule has 0 fully saturated rings. The maximum atomic E-state index is 13.0. The van der Waals surface area contributed by atoms with Gasteiger partial charge in [-0.2, -0.15) is 5.26 Å². The molecule has 28 heavy (non-hydrogen) atoms. The molecule has 2 aromatic carbocycles. The maximum absolute atomic E-state index is 13.0. The van der Waals surface area contributed by atoms with E-state index in [0.29, 0.717) is 39.3 Å². The van der Waals surface area contributed by atoms with Gasteiger partial charge in [-0.3, -0.25) is 4.79 Å². The molecule has 6 heteroatoms. The highest BCUT2D eigenvalue weighted by atomic mass is 16.5. The molecule has 2 heterocycles. The molecule has 6 nitrogen and oxygen atoms in total. The van der Waals surface area contributed by atoms with E-state index in [1.807, 2.05) is 31.2 Å². The second kappa shape index (κ2) is 6.97. The van der Waals surface area contributed by atoms with E-state index in [-0.39, 0.29) is 5.91 Å². The summed E-state index contributed by atoms with van der Waals surface area (Å²) in [5.74, 6) is -0.317. The van der Waals surface area contributed by atoms with Crippen LogP contribution in [0, 0.1) is 25.2 Å². The lowest BCUT2D eigenvalue weighted by molar-refractivity contribution is 0.102. The molecule has 0 aliphatic heterocycles. The summed E-state index contributed by atoms with van der Waals surface area (Å²) in [6, 6.07) is 18.4. The number of benzene rings is 2. The van der Waals surface area contributed by atoms with Gasteiger partial charge in [0.1, 0.15) is 0 Å². The molecule has 0 radical (unpaired) electrons. The molecule has 2 aromatic heterocycles. The molecule has 0 spiro atoms. The summed E-state index contributed by atoms with van der Waals surface area (Å²) in [5, 5.41) is 16.4. The van der Waals surface area contributed by atoms with Gasteiger partial charge < -0.3 is 9.84 Å². The monoisotopic (exact) mass is 368 g/mol. The summed E-state index contributed by atoms with van der Waals surface area (Å²) in [7, 11) is 0. The van der Waals surface area contributed by atoms with Crippen molar-refractivity contribution in [3.05, 3.63) is 77.0 Å². The first kappa shape index (κ1) is 17.4. The third-order valence-corrected chi connectivity index (χ3v) is 4.46. The summed E-state index contributed by atoms with van der Waals surface area (Å²) in [5.41, 5.74) is 4.97. The fourth-order valence-corrected chi connectivity index (χ4v) is 3.01. The molecule has 0 atom stereocenters. The van der Waals surface area contributed by atoms with Gasteiger partial charge in [0, 0.05) is 11.3 Å².